The van der Waals surface area contributed by atoms with E-state index < -0.39 is 5.60 Å². The molecule has 1 aromatic carbocycles. The Morgan fingerprint density at radius 2 is 2.09 bits per heavy atom. The fourth-order valence-electron chi connectivity index (χ4n) is 5.22. The van der Waals surface area contributed by atoms with Gasteiger partial charge in [-0.25, -0.2) is 4.79 Å². The van der Waals surface area contributed by atoms with Crippen LogP contribution in [-0.2, 0) is 22.1 Å². The highest BCUT2D eigenvalue weighted by molar-refractivity contribution is 9.10. The van der Waals surface area contributed by atoms with E-state index in [9.17, 15) is 4.79 Å². The Kier molecular flexibility index (Phi) is 6.43. The molecule has 0 aliphatic carbocycles. The van der Waals surface area contributed by atoms with E-state index in [2.05, 4.69) is 82.7 Å². The summed E-state index contributed by atoms with van der Waals surface area (Å²) in [5, 5.41) is 1.25. The van der Waals surface area contributed by atoms with E-state index in [0.717, 1.165) is 17.4 Å². The van der Waals surface area contributed by atoms with E-state index in [4.69, 9.17) is 9.47 Å². The van der Waals surface area contributed by atoms with Gasteiger partial charge in [0.25, 0.3) is 0 Å². The average Bonchev–Trinajstić information content (AvgIpc) is 3.08. The molecule has 3 aromatic rings. The van der Waals surface area contributed by atoms with Gasteiger partial charge in [0.05, 0.1) is 12.2 Å². The Bertz CT molecular complexity index is 1140. The van der Waals surface area contributed by atoms with Gasteiger partial charge in [-0.3, -0.25) is 4.98 Å². The molecule has 3 atom stereocenters. The fourth-order valence-corrected chi connectivity index (χ4v) is 5.59. The summed E-state index contributed by atoms with van der Waals surface area (Å²) in [6, 6.07) is 8.33. The molecule has 0 N–H and O–H groups in total. The van der Waals surface area contributed by atoms with Crippen LogP contribution in [0.5, 0.6) is 0 Å². The van der Waals surface area contributed by atoms with Crippen molar-refractivity contribution in [3.8, 4) is 0 Å². The third kappa shape index (κ3) is 3.98. The van der Waals surface area contributed by atoms with E-state index >= 15 is 0 Å². The minimum atomic E-state index is -0.507. The predicted octanol–water partition coefficient (Wildman–Crippen LogP) is 4.68. The Labute approximate surface area is 197 Å². The fraction of sp³-hybridized carbons (Fsp3) is 0.440. The molecule has 0 bridgehead atoms. The van der Waals surface area contributed by atoms with E-state index in [0.29, 0.717) is 12.2 Å². The second-order valence-corrected chi connectivity index (χ2v) is 9.81. The predicted molar refractivity (Wildman–Crippen MR) is 129 cm³/mol. The van der Waals surface area contributed by atoms with Crippen molar-refractivity contribution in [2.45, 2.75) is 31.9 Å². The van der Waals surface area contributed by atoms with Crippen LogP contribution in [0.25, 0.3) is 10.9 Å². The van der Waals surface area contributed by atoms with E-state index in [1.54, 1.807) is 19.4 Å². The van der Waals surface area contributed by atoms with Gasteiger partial charge in [-0.15, -0.1) is 0 Å². The Morgan fingerprint density at radius 3 is 2.81 bits per heavy atom. The van der Waals surface area contributed by atoms with Crippen LogP contribution in [0.4, 0.5) is 0 Å². The first-order chi connectivity index (χ1) is 15.3. The molecule has 1 fully saturated rings. The van der Waals surface area contributed by atoms with Gasteiger partial charge < -0.3 is 18.9 Å². The number of piperidine rings is 1. The summed E-state index contributed by atoms with van der Waals surface area (Å²) in [7, 11) is 5.99. The van der Waals surface area contributed by atoms with Crippen molar-refractivity contribution in [3.05, 3.63) is 64.0 Å². The topological polar surface area (TPSA) is 56.6 Å². The zero-order valence-electron chi connectivity index (χ0n) is 19.3. The molecule has 0 spiro atoms. The molecule has 3 unspecified atom stereocenters. The summed E-state index contributed by atoms with van der Waals surface area (Å²) in [4.78, 5) is 18.9. The number of aryl methyl sites for hydroxylation is 2. The van der Waals surface area contributed by atoms with Crippen molar-refractivity contribution in [2.75, 3.05) is 27.3 Å². The molecular formula is C25H30BrN3O3. The lowest BCUT2D eigenvalue weighted by Gasteiger charge is -2.50. The van der Waals surface area contributed by atoms with Crippen LogP contribution in [0.3, 0.4) is 0 Å². The van der Waals surface area contributed by atoms with Gasteiger partial charge in [0.2, 0.25) is 0 Å². The second kappa shape index (κ2) is 8.96. The molecule has 1 aliphatic heterocycles. The maximum absolute atomic E-state index is 12.6. The monoisotopic (exact) mass is 499 g/mol. The van der Waals surface area contributed by atoms with Crippen LogP contribution in [0.15, 0.2) is 47.3 Å². The first-order valence-corrected chi connectivity index (χ1v) is 11.6. The van der Waals surface area contributed by atoms with E-state index in [1.165, 1.54) is 28.2 Å². The third-order valence-electron chi connectivity index (χ3n) is 6.89. The van der Waals surface area contributed by atoms with Gasteiger partial charge in [0.15, 0.2) is 0 Å². The lowest BCUT2D eigenvalue weighted by atomic mass is 9.74. The summed E-state index contributed by atoms with van der Waals surface area (Å²) >= 11 is 3.35. The molecule has 0 amide bonds. The molecule has 1 saturated heterocycles. The van der Waals surface area contributed by atoms with Gasteiger partial charge >= 0.3 is 5.97 Å². The highest BCUT2D eigenvalue weighted by atomic mass is 79.9. The number of ether oxygens (including phenoxy) is 2. The number of hydrogen-bond acceptors (Lipinski definition) is 5. The van der Waals surface area contributed by atoms with Crippen LogP contribution in [0.2, 0.25) is 0 Å². The number of benzene rings is 1. The van der Waals surface area contributed by atoms with Gasteiger partial charge in [-0.05, 0) is 66.5 Å². The number of esters is 1. The van der Waals surface area contributed by atoms with Crippen molar-refractivity contribution in [1.29, 1.82) is 0 Å². The molecule has 7 heteroatoms. The zero-order chi connectivity index (χ0) is 23.0. The smallest absolute Gasteiger partial charge is 0.339 e. The van der Waals surface area contributed by atoms with Gasteiger partial charge in [-0.2, -0.15) is 0 Å². The molecule has 170 valence electrons. The lowest BCUT2D eigenvalue weighted by Crippen LogP contribution is -2.56. The second-order valence-electron chi connectivity index (χ2n) is 8.89. The SMILES string of the molecule is COC1(c2cccc3c2c(C)cn3C)CC(COC(=O)c2cncc(Br)c2)CN(C)C1C. The number of nitrogens with zero attached hydrogens (tertiary/aromatic N) is 3. The molecule has 1 aliphatic rings. The lowest BCUT2D eigenvalue weighted by molar-refractivity contribution is -0.123. The molecule has 3 heterocycles. The summed E-state index contributed by atoms with van der Waals surface area (Å²) < 4.78 is 15.0. The first kappa shape index (κ1) is 23.0. The number of rotatable bonds is 5. The van der Waals surface area contributed by atoms with Gasteiger partial charge in [-0.1, -0.05) is 12.1 Å². The number of likely N-dealkylation sites (N-methyl/N-ethyl adjacent to an activating group) is 1. The number of likely N-dealkylation sites (tertiary alicyclic amines) is 1. The van der Waals surface area contributed by atoms with Crippen molar-refractivity contribution >= 4 is 32.8 Å². The highest BCUT2D eigenvalue weighted by Gasteiger charge is 2.47. The number of carbonyl (C=O) groups excluding carboxylic acids is 1. The van der Waals surface area contributed by atoms with Gasteiger partial charge in [0, 0.05) is 66.6 Å². The maximum Gasteiger partial charge on any atom is 0.339 e. The molecule has 32 heavy (non-hydrogen) atoms. The summed E-state index contributed by atoms with van der Waals surface area (Å²) in [5.74, 6) is -0.219. The van der Waals surface area contributed by atoms with Crippen LogP contribution >= 0.6 is 15.9 Å². The third-order valence-corrected chi connectivity index (χ3v) is 7.32. The normalized spacial score (nSPS) is 24.1. The summed E-state index contributed by atoms with van der Waals surface area (Å²) in [6.07, 6.45) is 6.11. The Hall–Kier alpha value is -2.22. The van der Waals surface area contributed by atoms with Crippen molar-refractivity contribution in [2.24, 2.45) is 13.0 Å². The first-order valence-electron chi connectivity index (χ1n) is 10.8. The molecular weight excluding hydrogens is 470 g/mol. The zero-order valence-corrected chi connectivity index (χ0v) is 20.8. The largest absolute Gasteiger partial charge is 0.462 e. The van der Waals surface area contributed by atoms with Crippen molar-refractivity contribution in [1.82, 2.24) is 14.5 Å². The minimum Gasteiger partial charge on any atom is -0.462 e. The number of halogens is 1. The summed E-state index contributed by atoms with van der Waals surface area (Å²) in [5.41, 5.74) is 3.57. The number of fused-ring (bicyclic) bond motifs is 1. The molecule has 0 radical (unpaired) electrons. The number of carbonyl (C=O) groups is 1. The quantitative estimate of drug-likeness (QED) is 0.476. The number of pyridine rings is 1. The minimum absolute atomic E-state index is 0.138. The standard InChI is InChI=1S/C25H30BrN3O3/c1-16-13-29(4)22-8-6-7-21(23(16)22)25(31-5)10-18(14-28(3)17(25)2)15-32-24(30)19-9-20(26)12-27-11-19/h6-9,11-13,17-18H,10,14-15H2,1-5H3. The molecule has 0 saturated carbocycles. The van der Waals surface area contributed by atoms with Crippen LogP contribution < -0.4 is 0 Å². The highest BCUT2D eigenvalue weighted by Crippen LogP contribution is 2.45. The number of methoxy groups -OCH3 is 1. The van der Waals surface area contributed by atoms with Crippen LogP contribution in [-0.4, -0.2) is 53.8 Å². The van der Waals surface area contributed by atoms with E-state index in [1.807, 2.05) is 0 Å². The molecule has 2 aromatic heterocycles. The van der Waals surface area contributed by atoms with Crippen LogP contribution in [0, 0.1) is 12.8 Å². The summed E-state index contributed by atoms with van der Waals surface area (Å²) in [6.45, 7) is 5.53. The Morgan fingerprint density at radius 1 is 1.31 bits per heavy atom. The average molecular weight is 500 g/mol. The van der Waals surface area contributed by atoms with E-state index in [-0.39, 0.29) is 17.9 Å². The van der Waals surface area contributed by atoms with Crippen molar-refractivity contribution < 1.29 is 14.3 Å². The molecule has 6 nitrogen and oxygen atoms in total. The number of hydrogen-bond donors (Lipinski definition) is 0. The van der Waals surface area contributed by atoms with Crippen LogP contribution in [0.1, 0.15) is 34.8 Å². The van der Waals surface area contributed by atoms with Crippen molar-refractivity contribution in [3.63, 3.8) is 0 Å². The maximum atomic E-state index is 12.6. The number of aromatic nitrogens is 2. The van der Waals surface area contributed by atoms with Gasteiger partial charge in [0.1, 0.15) is 5.60 Å². The Balaban J connectivity index is 1.64. The molecule has 4 rings (SSSR count).